The Kier molecular flexibility index (Phi) is 5.38. The van der Waals surface area contributed by atoms with Crippen molar-refractivity contribution in [3.05, 3.63) is 20.8 Å². The van der Waals surface area contributed by atoms with Crippen molar-refractivity contribution in [2.45, 2.75) is 19.4 Å². The molecule has 1 aromatic heterocycles. The van der Waals surface area contributed by atoms with E-state index >= 15 is 0 Å². The summed E-state index contributed by atoms with van der Waals surface area (Å²) in [5, 5.41) is 9.64. The number of halogens is 1. The van der Waals surface area contributed by atoms with Crippen LogP contribution >= 0.6 is 27.3 Å². The van der Waals surface area contributed by atoms with Crippen molar-refractivity contribution in [2.75, 3.05) is 32.7 Å². The Morgan fingerprint density at radius 2 is 2.11 bits per heavy atom. The zero-order valence-corrected chi connectivity index (χ0v) is 13.4. The molecule has 0 aromatic carbocycles. The van der Waals surface area contributed by atoms with Crippen molar-refractivity contribution in [3.63, 3.8) is 0 Å². The number of carbonyl (C=O) groups excluding carboxylic acids is 1. The van der Waals surface area contributed by atoms with Crippen molar-refractivity contribution < 1.29 is 9.90 Å². The third-order valence-electron chi connectivity index (χ3n) is 3.38. The highest BCUT2D eigenvalue weighted by atomic mass is 79.9. The fourth-order valence-electron chi connectivity index (χ4n) is 2.15. The van der Waals surface area contributed by atoms with Gasteiger partial charge in [0.15, 0.2) is 0 Å². The summed E-state index contributed by atoms with van der Waals surface area (Å²) in [6.45, 7) is 5.86. The van der Waals surface area contributed by atoms with Gasteiger partial charge < -0.3 is 10.0 Å². The highest BCUT2D eigenvalue weighted by molar-refractivity contribution is 9.11. The SMILES string of the molecule is CCC(O)CN1CCN(C(=O)c2ccc(Br)s2)CC1. The van der Waals surface area contributed by atoms with Gasteiger partial charge in [-0.15, -0.1) is 11.3 Å². The molecule has 0 bridgehead atoms. The van der Waals surface area contributed by atoms with Crippen molar-refractivity contribution >= 4 is 33.2 Å². The van der Waals surface area contributed by atoms with E-state index in [1.54, 1.807) is 0 Å². The number of carbonyl (C=O) groups is 1. The average molecular weight is 347 g/mol. The first kappa shape index (κ1) is 15.0. The van der Waals surface area contributed by atoms with Gasteiger partial charge in [-0.3, -0.25) is 9.69 Å². The molecule has 1 atom stereocenters. The van der Waals surface area contributed by atoms with Gasteiger partial charge in [-0.05, 0) is 34.5 Å². The molecule has 0 radical (unpaired) electrons. The van der Waals surface area contributed by atoms with Crippen molar-refractivity contribution in [3.8, 4) is 0 Å². The lowest BCUT2D eigenvalue weighted by atomic mass is 10.2. The first-order chi connectivity index (χ1) is 9.10. The molecule has 0 spiro atoms. The molecule has 1 aliphatic rings. The molecule has 1 aliphatic heterocycles. The topological polar surface area (TPSA) is 43.8 Å². The van der Waals surface area contributed by atoms with E-state index in [4.69, 9.17) is 0 Å². The van der Waals surface area contributed by atoms with E-state index in [0.717, 1.165) is 41.3 Å². The summed E-state index contributed by atoms with van der Waals surface area (Å²) < 4.78 is 0.987. The van der Waals surface area contributed by atoms with Gasteiger partial charge in [0.25, 0.3) is 5.91 Å². The maximum Gasteiger partial charge on any atom is 0.264 e. The predicted molar refractivity (Wildman–Crippen MR) is 80.7 cm³/mol. The molecular weight excluding hydrogens is 328 g/mol. The number of piperazine rings is 1. The number of nitrogens with zero attached hydrogens (tertiary/aromatic N) is 2. The van der Waals surface area contributed by atoms with Gasteiger partial charge in [-0.2, -0.15) is 0 Å². The molecule has 1 aromatic rings. The van der Waals surface area contributed by atoms with E-state index in [-0.39, 0.29) is 12.0 Å². The van der Waals surface area contributed by atoms with Crippen LogP contribution in [0.15, 0.2) is 15.9 Å². The smallest absolute Gasteiger partial charge is 0.264 e. The van der Waals surface area contributed by atoms with Gasteiger partial charge in [0.05, 0.1) is 14.8 Å². The van der Waals surface area contributed by atoms with Gasteiger partial charge in [-0.25, -0.2) is 0 Å². The normalized spacial score (nSPS) is 18.6. The van der Waals surface area contributed by atoms with Crippen LogP contribution in [-0.4, -0.2) is 59.6 Å². The fourth-order valence-corrected chi connectivity index (χ4v) is 3.50. The lowest BCUT2D eigenvalue weighted by molar-refractivity contribution is 0.0527. The molecule has 0 saturated carbocycles. The van der Waals surface area contributed by atoms with Gasteiger partial charge in [0, 0.05) is 32.7 Å². The van der Waals surface area contributed by atoms with Crippen LogP contribution in [0.1, 0.15) is 23.0 Å². The van der Waals surface area contributed by atoms with Crippen LogP contribution in [0.4, 0.5) is 0 Å². The summed E-state index contributed by atoms with van der Waals surface area (Å²) in [6, 6.07) is 3.77. The summed E-state index contributed by atoms with van der Waals surface area (Å²) >= 11 is 4.86. The molecule has 4 nitrogen and oxygen atoms in total. The summed E-state index contributed by atoms with van der Waals surface area (Å²) in [6.07, 6.45) is 0.526. The number of aliphatic hydroxyl groups excluding tert-OH is 1. The molecule has 6 heteroatoms. The van der Waals surface area contributed by atoms with Crippen LogP contribution < -0.4 is 0 Å². The second-order valence-electron chi connectivity index (χ2n) is 4.76. The highest BCUT2D eigenvalue weighted by Crippen LogP contribution is 2.23. The number of β-amino-alcohol motifs (C(OH)–C–C–N with tert-alkyl or cyclic N) is 1. The lowest BCUT2D eigenvalue weighted by Gasteiger charge is -2.35. The first-order valence-electron chi connectivity index (χ1n) is 6.55. The maximum atomic E-state index is 12.2. The van der Waals surface area contributed by atoms with E-state index in [0.29, 0.717) is 6.54 Å². The van der Waals surface area contributed by atoms with Crippen molar-refractivity contribution in [1.82, 2.24) is 9.80 Å². The summed E-state index contributed by atoms with van der Waals surface area (Å²) in [7, 11) is 0. The molecule has 19 heavy (non-hydrogen) atoms. The molecule has 106 valence electrons. The van der Waals surface area contributed by atoms with E-state index in [2.05, 4.69) is 20.8 Å². The maximum absolute atomic E-state index is 12.2. The Labute approximate surface area is 126 Å². The molecule has 1 saturated heterocycles. The number of hydrogen-bond donors (Lipinski definition) is 1. The summed E-state index contributed by atoms with van der Waals surface area (Å²) in [5.41, 5.74) is 0. The Balaban J connectivity index is 1.84. The van der Waals surface area contributed by atoms with E-state index in [9.17, 15) is 9.90 Å². The molecule has 1 N–H and O–H groups in total. The van der Waals surface area contributed by atoms with Crippen LogP contribution in [0.25, 0.3) is 0 Å². The van der Waals surface area contributed by atoms with Crippen LogP contribution in [-0.2, 0) is 0 Å². The Morgan fingerprint density at radius 1 is 1.42 bits per heavy atom. The summed E-state index contributed by atoms with van der Waals surface area (Å²) in [4.78, 5) is 17.2. The predicted octanol–water partition coefficient (Wildman–Crippen LogP) is 2.04. The van der Waals surface area contributed by atoms with Gasteiger partial charge in [0.2, 0.25) is 0 Å². The monoisotopic (exact) mass is 346 g/mol. The largest absolute Gasteiger partial charge is 0.392 e. The minimum atomic E-state index is -0.254. The zero-order chi connectivity index (χ0) is 13.8. The molecular formula is C13H19BrN2O2S. The molecule has 0 aliphatic carbocycles. The number of rotatable bonds is 4. The molecule has 2 rings (SSSR count). The lowest BCUT2D eigenvalue weighted by Crippen LogP contribution is -2.50. The minimum absolute atomic E-state index is 0.117. The molecule has 1 amide bonds. The zero-order valence-electron chi connectivity index (χ0n) is 11.0. The van der Waals surface area contributed by atoms with Crippen LogP contribution in [0, 0.1) is 0 Å². The number of aliphatic hydroxyl groups is 1. The van der Waals surface area contributed by atoms with Crippen LogP contribution in [0.2, 0.25) is 0 Å². The second kappa shape index (κ2) is 6.83. The molecule has 1 fully saturated rings. The third kappa shape index (κ3) is 4.02. The Bertz CT molecular complexity index is 430. The van der Waals surface area contributed by atoms with E-state index in [1.807, 2.05) is 24.0 Å². The first-order valence-corrected chi connectivity index (χ1v) is 8.16. The highest BCUT2D eigenvalue weighted by Gasteiger charge is 2.23. The number of hydrogen-bond acceptors (Lipinski definition) is 4. The summed E-state index contributed by atoms with van der Waals surface area (Å²) in [5.74, 6) is 0.117. The average Bonchev–Trinajstić information content (AvgIpc) is 2.85. The van der Waals surface area contributed by atoms with Gasteiger partial charge in [0.1, 0.15) is 0 Å². The molecule has 1 unspecified atom stereocenters. The van der Waals surface area contributed by atoms with E-state index in [1.165, 1.54) is 11.3 Å². The Morgan fingerprint density at radius 3 is 2.63 bits per heavy atom. The quantitative estimate of drug-likeness (QED) is 0.907. The minimum Gasteiger partial charge on any atom is -0.392 e. The van der Waals surface area contributed by atoms with Crippen LogP contribution in [0.5, 0.6) is 0 Å². The van der Waals surface area contributed by atoms with Crippen LogP contribution in [0.3, 0.4) is 0 Å². The molecule has 2 heterocycles. The fraction of sp³-hybridized carbons (Fsp3) is 0.615. The Hall–Kier alpha value is -0.430. The number of thiophene rings is 1. The standard InChI is InChI=1S/C13H19BrN2O2S/c1-2-10(17)9-15-5-7-16(8-6-15)13(18)11-3-4-12(14)19-11/h3-4,10,17H,2,5-9H2,1H3. The van der Waals surface area contributed by atoms with Crippen molar-refractivity contribution in [1.29, 1.82) is 0 Å². The third-order valence-corrected chi connectivity index (χ3v) is 5.00. The van der Waals surface area contributed by atoms with E-state index < -0.39 is 0 Å². The van der Waals surface area contributed by atoms with Gasteiger partial charge >= 0.3 is 0 Å². The number of amides is 1. The second-order valence-corrected chi connectivity index (χ2v) is 7.22. The van der Waals surface area contributed by atoms with Crippen molar-refractivity contribution in [2.24, 2.45) is 0 Å². The van der Waals surface area contributed by atoms with Gasteiger partial charge in [-0.1, -0.05) is 6.92 Å².